The van der Waals surface area contributed by atoms with Crippen molar-refractivity contribution in [3.8, 4) is 46.0 Å². The van der Waals surface area contributed by atoms with Crippen LogP contribution < -0.4 is 37.9 Å². The highest BCUT2D eigenvalue weighted by Gasteiger charge is 2.36. The topological polar surface area (TPSA) is 194 Å². The highest BCUT2D eigenvalue weighted by molar-refractivity contribution is 7.92. The van der Waals surface area contributed by atoms with Crippen molar-refractivity contribution in [1.29, 1.82) is 0 Å². The first-order valence-corrected chi connectivity index (χ1v) is 17.8. The Labute approximate surface area is 317 Å². The van der Waals surface area contributed by atoms with E-state index in [-0.39, 0.29) is 45.6 Å². The summed E-state index contributed by atoms with van der Waals surface area (Å²) < 4.78 is 73.9. The summed E-state index contributed by atoms with van der Waals surface area (Å²) >= 11 is 0. The van der Waals surface area contributed by atoms with Crippen molar-refractivity contribution >= 4 is 33.4 Å². The first kappa shape index (κ1) is 41.3. The third-order valence-electron chi connectivity index (χ3n) is 8.55. The number of hydrogen-bond acceptors (Lipinski definition) is 14. The van der Waals surface area contributed by atoms with Crippen LogP contribution in [-0.2, 0) is 9.84 Å². The van der Waals surface area contributed by atoms with E-state index in [0.29, 0.717) is 22.6 Å². The molecule has 0 fully saturated rings. The van der Waals surface area contributed by atoms with Gasteiger partial charge in [0.25, 0.3) is 0 Å². The monoisotopic (exact) mass is 780 g/mol. The molecule has 0 spiro atoms. The van der Waals surface area contributed by atoms with Crippen LogP contribution in [0.5, 0.6) is 46.0 Å². The summed E-state index contributed by atoms with van der Waals surface area (Å²) in [6.45, 7) is 0. The van der Waals surface area contributed by atoms with Crippen molar-refractivity contribution in [2.45, 2.75) is 10.5 Å². The normalized spacial score (nSPS) is 12.5. The zero-order valence-corrected chi connectivity index (χ0v) is 32.1. The highest BCUT2D eigenvalue weighted by Crippen LogP contribution is 2.44. The third-order valence-corrected chi connectivity index (χ3v) is 10.8. The summed E-state index contributed by atoms with van der Waals surface area (Å²) in [7, 11) is 6.39. The molecule has 0 aliphatic rings. The summed E-state index contributed by atoms with van der Waals surface area (Å²) in [6.07, 6.45) is 5.53. The van der Waals surface area contributed by atoms with Gasteiger partial charge < -0.3 is 37.9 Å². The Morgan fingerprint density at radius 2 is 0.800 bits per heavy atom. The molecule has 0 aromatic heterocycles. The highest BCUT2D eigenvalue weighted by atomic mass is 32.2. The van der Waals surface area contributed by atoms with Gasteiger partial charge in [-0.05, 0) is 35.4 Å². The maximum atomic E-state index is 15.3. The summed E-state index contributed by atoms with van der Waals surface area (Å²) in [4.78, 5) is 22.9. The van der Waals surface area contributed by atoms with E-state index in [2.05, 4.69) is 0 Å². The first-order chi connectivity index (χ1) is 26.3. The Bertz CT molecular complexity index is 2020. The van der Waals surface area contributed by atoms with Crippen molar-refractivity contribution in [2.75, 3.05) is 56.9 Å². The second-order valence-electron chi connectivity index (χ2n) is 11.4. The second kappa shape index (κ2) is 18.0. The minimum Gasteiger partial charge on any atom is -0.496 e. The Morgan fingerprint density at radius 3 is 1.05 bits per heavy atom. The molecule has 292 valence electrons. The lowest BCUT2D eigenvalue weighted by atomic mass is 10.1. The average molecular weight is 781 g/mol. The molecule has 0 heterocycles. The molecule has 16 nitrogen and oxygen atoms in total. The predicted molar refractivity (Wildman–Crippen MR) is 204 cm³/mol. The number of methoxy groups -OCH3 is 8. The molecule has 0 saturated carbocycles. The number of rotatable bonds is 18. The Hall–Kier alpha value is -6.49. The van der Waals surface area contributed by atoms with Crippen molar-refractivity contribution in [2.24, 2.45) is 0 Å². The van der Waals surface area contributed by atoms with Gasteiger partial charge in [0.1, 0.15) is 45.0 Å². The lowest BCUT2D eigenvalue weighted by molar-refractivity contribution is -0.385. The first-order valence-electron chi connectivity index (χ1n) is 16.2. The van der Waals surface area contributed by atoms with Gasteiger partial charge in [0.15, 0.2) is 21.3 Å². The van der Waals surface area contributed by atoms with Crippen molar-refractivity contribution in [3.63, 3.8) is 0 Å². The zero-order valence-electron chi connectivity index (χ0n) is 31.3. The van der Waals surface area contributed by atoms with Gasteiger partial charge in [0.05, 0.1) is 77.9 Å². The lowest BCUT2D eigenvalue weighted by Crippen LogP contribution is -2.19. The number of sulfone groups is 1. The largest absolute Gasteiger partial charge is 0.496 e. The number of hydrogen-bond donors (Lipinski definition) is 0. The molecular formula is C38H40N2O14S. The zero-order chi connectivity index (χ0) is 40.4. The van der Waals surface area contributed by atoms with Crippen LogP contribution in [0.1, 0.15) is 32.8 Å². The van der Waals surface area contributed by atoms with Gasteiger partial charge in [-0.2, -0.15) is 0 Å². The van der Waals surface area contributed by atoms with Gasteiger partial charge in [-0.3, -0.25) is 20.2 Å². The van der Waals surface area contributed by atoms with Gasteiger partial charge >= 0.3 is 11.4 Å². The fourth-order valence-electron chi connectivity index (χ4n) is 5.79. The summed E-state index contributed by atoms with van der Waals surface area (Å²) in [5, 5.41) is 21.0. The van der Waals surface area contributed by atoms with Gasteiger partial charge in [-0.25, -0.2) is 8.42 Å². The average Bonchev–Trinajstić information content (AvgIpc) is 3.19. The van der Waals surface area contributed by atoms with Crippen LogP contribution in [0.4, 0.5) is 11.4 Å². The van der Waals surface area contributed by atoms with E-state index in [1.807, 2.05) is 0 Å². The maximum absolute atomic E-state index is 15.3. The van der Waals surface area contributed by atoms with E-state index in [0.717, 1.165) is 12.1 Å². The molecule has 0 saturated heterocycles. The molecule has 0 N–H and O–H groups in total. The van der Waals surface area contributed by atoms with Crippen molar-refractivity contribution < 1.29 is 56.2 Å². The fraction of sp³-hybridized carbons (Fsp3) is 0.263. The molecule has 0 radical (unpaired) electrons. The van der Waals surface area contributed by atoms with E-state index in [1.165, 1.54) is 105 Å². The smallest absolute Gasteiger partial charge is 0.311 e. The molecule has 55 heavy (non-hydrogen) atoms. The van der Waals surface area contributed by atoms with Crippen molar-refractivity contribution in [1.82, 2.24) is 0 Å². The molecule has 4 rings (SSSR count). The van der Waals surface area contributed by atoms with Crippen LogP contribution >= 0.6 is 0 Å². The molecule has 2 atom stereocenters. The van der Waals surface area contributed by atoms with E-state index in [9.17, 15) is 20.2 Å². The lowest BCUT2D eigenvalue weighted by Gasteiger charge is -2.22. The molecule has 4 aromatic carbocycles. The minimum atomic E-state index is -4.65. The van der Waals surface area contributed by atoms with Crippen LogP contribution in [0, 0.1) is 20.2 Å². The second-order valence-corrected chi connectivity index (χ2v) is 13.6. The predicted octanol–water partition coefficient (Wildman–Crippen LogP) is 7.20. The number of benzene rings is 4. The number of ether oxygens (including phenoxy) is 8. The van der Waals surface area contributed by atoms with Crippen LogP contribution in [0.3, 0.4) is 0 Å². The van der Waals surface area contributed by atoms with E-state index >= 15 is 8.42 Å². The third kappa shape index (κ3) is 8.84. The summed E-state index contributed by atoms with van der Waals surface area (Å²) in [5.74, 6) is 1.67. The van der Waals surface area contributed by atoms with Gasteiger partial charge in [-0.1, -0.05) is 24.3 Å². The quantitative estimate of drug-likeness (QED) is 0.0727. The summed E-state index contributed by atoms with van der Waals surface area (Å²) in [5.41, 5.74) is -0.364. The molecular weight excluding hydrogens is 740 g/mol. The summed E-state index contributed by atoms with van der Waals surface area (Å²) in [6, 6.07) is 13.8. The molecule has 0 aliphatic heterocycles. The molecule has 2 unspecified atom stereocenters. The van der Waals surface area contributed by atoms with Gasteiger partial charge in [0, 0.05) is 36.4 Å². The number of nitrogens with zero attached hydrogens (tertiary/aromatic N) is 2. The Morgan fingerprint density at radius 1 is 0.491 bits per heavy atom. The van der Waals surface area contributed by atoms with Crippen molar-refractivity contribution in [3.05, 3.63) is 115 Å². The maximum Gasteiger partial charge on any atom is 0.311 e. The van der Waals surface area contributed by atoms with E-state index in [4.69, 9.17) is 37.9 Å². The number of nitro groups is 2. The van der Waals surface area contributed by atoms with Gasteiger partial charge in [0.2, 0.25) is 0 Å². The Balaban J connectivity index is 2.09. The van der Waals surface area contributed by atoms with Crippen LogP contribution in [0.25, 0.3) is 12.2 Å². The molecule has 0 amide bonds. The Kier molecular flexibility index (Phi) is 13.5. The molecule has 17 heteroatoms. The van der Waals surface area contributed by atoms with Gasteiger partial charge in [-0.15, -0.1) is 0 Å². The minimum absolute atomic E-state index is 0.0174. The van der Waals surface area contributed by atoms with Crippen LogP contribution in [-0.4, -0.2) is 75.1 Å². The number of nitro benzene ring substituents is 2. The van der Waals surface area contributed by atoms with E-state index < -0.39 is 41.6 Å². The molecule has 0 aliphatic carbocycles. The van der Waals surface area contributed by atoms with E-state index in [1.54, 1.807) is 24.3 Å². The van der Waals surface area contributed by atoms with Crippen LogP contribution in [0.15, 0.2) is 72.8 Å². The fourth-order valence-corrected chi connectivity index (χ4v) is 7.76. The SMILES string of the molecule is COc1cc(OC)c(/C=C/C(c2ccc(OC)c([N+](=O)[O-])c2)S(=O)(=O)C(/C=C/c2c(OC)cc(OC)cc2OC)c2ccc(OC)c([N+](=O)[O-])c2)c(OC)c1. The molecule has 4 aromatic rings. The standard InChI is InChI=1S/C38H40N2O14S/c1-47-25-19-33(51-5)27(34(20-25)52-6)11-15-37(23-9-13-31(49-3)29(17-23)39(41)42)55(45,46)38(24-10-14-32(50-4)30(18-24)40(43)44)16-12-28-35(53-7)21-26(48-2)22-36(28)54-8/h9-22,37-38H,1-8H3/b15-11+,16-12+. The molecule has 0 bridgehead atoms. The van der Waals surface area contributed by atoms with Crippen LogP contribution in [0.2, 0.25) is 0 Å².